The third-order valence-electron chi connectivity index (χ3n) is 8.39. The van der Waals surface area contributed by atoms with Gasteiger partial charge in [0.15, 0.2) is 0 Å². The van der Waals surface area contributed by atoms with Crippen molar-refractivity contribution in [3.05, 3.63) is 24.3 Å². The van der Waals surface area contributed by atoms with Gasteiger partial charge in [0.05, 0.1) is 17.7 Å². The molecule has 0 radical (unpaired) electrons. The Morgan fingerprint density at radius 3 is 2.31 bits per heavy atom. The highest BCUT2D eigenvalue weighted by Crippen LogP contribution is 2.31. The van der Waals surface area contributed by atoms with Crippen LogP contribution in [0.2, 0.25) is 0 Å². The topological polar surface area (TPSA) is 104 Å². The van der Waals surface area contributed by atoms with Gasteiger partial charge in [0, 0.05) is 50.1 Å². The summed E-state index contributed by atoms with van der Waals surface area (Å²) in [5.74, 6) is 0.159. The lowest BCUT2D eigenvalue weighted by atomic mass is 9.83. The van der Waals surface area contributed by atoms with Crippen LogP contribution in [0, 0.1) is 11.8 Å². The maximum Gasteiger partial charge on any atom is 0.242 e. The second-order valence-electron chi connectivity index (χ2n) is 11.3. The van der Waals surface area contributed by atoms with Crippen molar-refractivity contribution in [1.29, 1.82) is 0 Å². The van der Waals surface area contributed by atoms with Gasteiger partial charge in [0.1, 0.15) is 6.29 Å². The summed E-state index contributed by atoms with van der Waals surface area (Å²) in [7, 11) is 0. The van der Waals surface area contributed by atoms with Crippen LogP contribution in [0.1, 0.15) is 52.4 Å². The van der Waals surface area contributed by atoms with Crippen LogP contribution in [0.25, 0.3) is 0 Å². The molecule has 5 rings (SSSR count). The fraction of sp³-hybridized carbons (Fsp3) is 0.731. The lowest BCUT2D eigenvalue weighted by molar-refractivity contribution is -0.132. The van der Waals surface area contributed by atoms with E-state index in [4.69, 9.17) is 0 Å². The van der Waals surface area contributed by atoms with Gasteiger partial charge in [-0.2, -0.15) is 0 Å². The zero-order chi connectivity index (χ0) is 24.4. The van der Waals surface area contributed by atoms with Gasteiger partial charge >= 0.3 is 0 Å². The van der Waals surface area contributed by atoms with E-state index in [1.165, 1.54) is 31.4 Å². The average molecular weight is 486 g/mol. The molecule has 4 saturated heterocycles. The molecule has 194 valence electrons. The van der Waals surface area contributed by atoms with Crippen LogP contribution >= 0.6 is 0 Å². The SMILES string of the molecule is CC(C)(O)C1CCN(c2ccc(NC3NC(N4CCCCCC4)NC4CNNC(=O)C43)cc2)CC1. The van der Waals surface area contributed by atoms with Crippen LogP contribution in [0.15, 0.2) is 24.3 Å². The molecule has 9 heteroatoms. The minimum absolute atomic E-state index is 0.0133. The van der Waals surface area contributed by atoms with E-state index in [0.29, 0.717) is 12.5 Å². The number of nitrogens with zero attached hydrogens (tertiary/aromatic N) is 2. The van der Waals surface area contributed by atoms with E-state index in [-0.39, 0.29) is 30.3 Å². The summed E-state index contributed by atoms with van der Waals surface area (Å²) in [5, 5.41) is 21.4. The quantitative estimate of drug-likeness (QED) is 0.372. The molecular weight excluding hydrogens is 442 g/mol. The van der Waals surface area contributed by atoms with Gasteiger partial charge in [0.25, 0.3) is 0 Å². The number of fused-ring (bicyclic) bond motifs is 1. The molecule has 35 heavy (non-hydrogen) atoms. The Labute approximate surface area is 209 Å². The first kappa shape index (κ1) is 24.8. The van der Waals surface area contributed by atoms with Crippen molar-refractivity contribution in [2.75, 3.05) is 42.9 Å². The molecule has 9 nitrogen and oxygen atoms in total. The summed E-state index contributed by atoms with van der Waals surface area (Å²) in [4.78, 5) is 17.7. The first-order valence-electron chi connectivity index (χ1n) is 13.5. The lowest BCUT2D eigenvalue weighted by Gasteiger charge is -2.48. The summed E-state index contributed by atoms with van der Waals surface area (Å²) in [5.41, 5.74) is 7.49. The number of nitrogens with one attached hydrogen (secondary N) is 5. The van der Waals surface area contributed by atoms with Crippen molar-refractivity contribution in [1.82, 2.24) is 26.4 Å². The molecule has 0 spiro atoms. The molecule has 1 aromatic carbocycles. The molecule has 4 fully saturated rings. The van der Waals surface area contributed by atoms with E-state index in [0.717, 1.165) is 44.7 Å². The predicted molar refractivity (Wildman–Crippen MR) is 139 cm³/mol. The third-order valence-corrected chi connectivity index (χ3v) is 8.39. The zero-order valence-electron chi connectivity index (χ0n) is 21.2. The summed E-state index contributed by atoms with van der Waals surface area (Å²) < 4.78 is 0. The predicted octanol–water partition coefficient (Wildman–Crippen LogP) is 1.38. The van der Waals surface area contributed by atoms with Gasteiger partial charge in [-0.1, -0.05) is 12.8 Å². The number of hydrazine groups is 1. The van der Waals surface area contributed by atoms with Crippen LogP contribution in [0.4, 0.5) is 11.4 Å². The lowest BCUT2D eigenvalue weighted by Crippen LogP contribution is -2.76. The summed E-state index contributed by atoms with van der Waals surface area (Å²) in [6.45, 7) is 8.64. The Hall–Kier alpha value is -1.91. The minimum atomic E-state index is -0.605. The summed E-state index contributed by atoms with van der Waals surface area (Å²) in [6, 6.07) is 8.64. The molecule has 4 aliphatic heterocycles. The molecule has 0 saturated carbocycles. The molecule has 6 N–H and O–H groups in total. The molecule has 0 aromatic heterocycles. The molecule has 4 unspecified atom stereocenters. The Morgan fingerprint density at radius 1 is 0.971 bits per heavy atom. The van der Waals surface area contributed by atoms with Crippen molar-refractivity contribution in [3.8, 4) is 0 Å². The number of hydrogen-bond donors (Lipinski definition) is 6. The van der Waals surface area contributed by atoms with Gasteiger partial charge < -0.3 is 15.3 Å². The number of hydrogen-bond acceptors (Lipinski definition) is 8. The van der Waals surface area contributed by atoms with Gasteiger partial charge in [-0.15, -0.1) is 0 Å². The Morgan fingerprint density at radius 2 is 1.66 bits per heavy atom. The first-order chi connectivity index (χ1) is 16.9. The van der Waals surface area contributed by atoms with E-state index < -0.39 is 5.60 Å². The van der Waals surface area contributed by atoms with Crippen molar-refractivity contribution in [2.45, 2.75) is 76.5 Å². The van der Waals surface area contributed by atoms with E-state index in [2.05, 4.69) is 60.9 Å². The van der Waals surface area contributed by atoms with Crippen LogP contribution in [-0.4, -0.2) is 72.7 Å². The summed E-state index contributed by atoms with van der Waals surface area (Å²) in [6.07, 6.45) is 6.93. The number of piperidine rings is 1. The van der Waals surface area contributed by atoms with Crippen LogP contribution in [-0.2, 0) is 4.79 Å². The molecule has 4 aliphatic rings. The number of likely N-dealkylation sites (tertiary alicyclic amines) is 1. The van der Waals surface area contributed by atoms with Crippen LogP contribution in [0.3, 0.4) is 0 Å². The largest absolute Gasteiger partial charge is 0.390 e. The van der Waals surface area contributed by atoms with E-state index >= 15 is 0 Å². The molecular formula is C26H43N7O2. The molecule has 4 heterocycles. The minimum Gasteiger partial charge on any atom is -0.390 e. The number of benzene rings is 1. The highest BCUT2D eigenvalue weighted by molar-refractivity contribution is 5.81. The van der Waals surface area contributed by atoms with Gasteiger partial charge in [-0.05, 0) is 69.7 Å². The van der Waals surface area contributed by atoms with E-state index in [1.807, 2.05) is 13.8 Å². The molecule has 0 bridgehead atoms. The molecule has 1 amide bonds. The number of rotatable bonds is 5. The Kier molecular flexibility index (Phi) is 7.50. The van der Waals surface area contributed by atoms with Crippen LogP contribution < -0.4 is 31.7 Å². The van der Waals surface area contributed by atoms with Gasteiger partial charge in [0.2, 0.25) is 5.91 Å². The highest BCUT2D eigenvalue weighted by atomic mass is 16.3. The fourth-order valence-corrected chi connectivity index (χ4v) is 6.20. The Bertz CT molecular complexity index is 842. The third kappa shape index (κ3) is 5.75. The van der Waals surface area contributed by atoms with Crippen molar-refractivity contribution < 1.29 is 9.90 Å². The second-order valence-corrected chi connectivity index (χ2v) is 11.3. The fourth-order valence-electron chi connectivity index (χ4n) is 6.20. The zero-order valence-corrected chi connectivity index (χ0v) is 21.2. The number of aliphatic hydroxyl groups is 1. The molecule has 0 aliphatic carbocycles. The van der Waals surface area contributed by atoms with E-state index in [1.54, 1.807) is 0 Å². The molecule has 4 atom stereocenters. The van der Waals surface area contributed by atoms with Crippen LogP contribution in [0.5, 0.6) is 0 Å². The normalized spacial score (nSPS) is 31.4. The smallest absolute Gasteiger partial charge is 0.242 e. The maximum atomic E-state index is 12.8. The monoisotopic (exact) mass is 485 g/mol. The average Bonchev–Trinajstić information content (AvgIpc) is 3.14. The van der Waals surface area contributed by atoms with Gasteiger partial charge in [-0.3, -0.25) is 25.8 Å². The number of carbonyl (C=O) groups excluding carboxylic acids is 1. The first-order valence-corrected chi connectivity index (χ1v) is 13.5. The Balaban J connectivity index is 1.25. The number of carbonyl (C=O) groups is 1. The van der Waals surface area contributed by atoms with Crippen molar-refractivity contribution in [2.24, 2.45) is 11.8 Å². The van der Waals surface area contributed by atoms with Crippen molar-refractivity contribution in [3.63, 3.8) is 0 Å². The second kappa shape index (κ2) is 10.6. The van der Waals surface area contributed by atoms with Crippen molar-refractivity contribution >= 4 is 17.3 Å². The highest BCUT2D eigenvalue weighted by Gasteiger charge is 2.45. The number of anilines is 2. The van der Waals surface area contributed by atoms with E-state index in [9.17, 15) is 9.90 Å². The van der Waals surface area contributed by atoms with Gasteiger partial charge in [-0.25, -0.2) is 5.43 Å². The maximum absolute atomic E-state index is 12.8. The number of amides is 1. The standard InChI is InChI=1S/C26H43N7O2/c1-26(2,35)18-11-15-32(16-12-18)20-9-7-19(8-10-20)28-23-22-21(17-27-31-24(22)34)29-25(30-23)33-13-5-3-4-6-14-33/h7-10,18,21-23,25,27-30,35H,3-6,11-17H2,1-2H3,(H,31,34). The molecule has 1 aromatic rings. The summed E-state index contributed by atoms with van der Waals surface area (Å²) >= 11 is 0.